The second-order valence-corrected chi connectivity index (χ2v) is 5.05. The van der Waals surface area contributed by atoms with E-state index in [1.165, 1.54) is 0 Å². The van der Waals surface area contributed by atoms with Crippen molar-refractivity contribution >= 4 is 11.6 Å². The van der Waals surface area contributed by atoms with Gasteiger partial charge in [-0.1, -0.05) is 18.2 Å². The van der Waals surface area contributed by atoms with Gasteiger partial charge in [0.1, 0.15) is 0 Å². The predicted molar refractivity (Wildman–Crippen MR) is 76.3 cm³/mol. The minimum atomic E-state index is 0.0367. The zero-order valence-corrected chi connectivity index (χ0v) is 11.6. The minimum absolute atomic E-state index is 0.0367. The van der Waals surface area contributed by atoms with E-state index in [1.807, 2.05) is 24.3 Å². The Balaban J connectivity index is 2.04. The van der Waals surface area contributed by atoms with E-state index in [9.17, 15) is 4.79 Å². The molecule has 1 aliphatic heterocycles. The molecule has 1 aromatic rings. The van der Waals surface area contributed by atoms with Crippen molar-refractivity contribution in [1.29, 1.82) is 0 Å². The largest absolute Gasteiger partial charge is 0.382 e. The summed E-state index contributed by atoms with van der Waals surface area (Å²) in [5.41, 5.74) is 2.10. The van der Waals surface area contributed by atoms with Crippen molar-refractivity contribution in [2.45, 2.75) is 38.3 Å². The minimum Gasteiger partial charge on any atom is -0.382 e. The number of hydrogen-bond acceptors (Lipinski definition) is 3. The summed E-state index contributed by atoms with van der Waals surface area (Å²) in [5.74, 6) is 0.0367. The zero-order valence-electron chi connectivity index (χ0n) is 11.6. The fraction of sp³-hybridized carbons (Fsp3) is 0.533. The van der Waals surface area contributed by atoms with Crippen LogP contribution in [0, 0.1) is 0 Å². The summed E-state index contributed by atoms with van der Waals surface area (Å²) in [6, 6.07) is 8.43. The number of benzene rings is 1. The summed E-state index contributed by atoms with van der Waals surface area (Å²) in [5, 5.41) is 6.21. The van der Waals surface area contributed by atoms with Crippen LogP contribution in [0.5, 0.6) is 0 Å². The number of hydrogen-bond donors (Lipinski definition) is 2. The van der Waals surface area contributed by atoms with Crippen LogP contribution in [0.2, 0.25) is 0 Å². The van der Waals surface area contributed by atoms with Gasteiger partial charge in [0, 0.05) is 25.4 Å². The number of carbonyl (C=O) groups is 1. The Morgan fingerprint density at radius 2 is 2.21 bits per heavy atom. The molecule has 1 fully saturated rings. The van der Waals surface area contributed by atoms with E-state index in [4.69, 9.17) is 4.74 Å². The second-order valence-electron chi connectivity index (χ2n) is 5.05. The standard InChI is InChI=1S/C15H22N2O2/c1-11-9-13(7-8-19-11)17-14-6-4-3-5-12(14)10-15(18)16-2/h3-6,11,13,17H,7-10H2,1-2H3,(H,16,18). The fourth-order valence-corrected chi connectivity index (χ4v) is 2.43. The van der Waals surface area contributed by atoms with Crippen LogP contribution in [-0.4, -0.2) is 31.7 Å². The van der Waals surface area contributed by atoms with Crippen molar-refractivity contribution in [3.05, 3.63) is 29.8 Å². The summed E-state index contributed by atoms with van der Waals surface area (Å²) < 4.78 is 5.55. The molecule has 4 heteroatoms. The van der Waals surface area contributed by atoms with Crippen LogP contribution in [0.1, 0.15) is 25.3 Å². The Hall–Kier alpha value is -1.55. The van der Waals surface area contributed by atoms with Crippen molar-refractivity contribution in [2.75, 3.05) is 19.0 Å². The molecule has 4 nitrogen and oxygen atoms in total. The first-order valence-corrected chi connectivity index (χ1v) is 6.85. The van der Waals surface area contributed by atoms with Crippen LogP contribution in [-0.2, 0) is 16.0 Å². The summed E-state index contributed by atoms with van der Waals surface area (Å²) in [7, 11) is 1.67. The zero-order chi connectivity index (χ0) is 13.7. The summed E-state index contributed by atoms with van der Waals surface area (Å²) in [6.07, 6.45) is 2.74. The molecule has 104 valence electrons. The number of likely N-dealkylation sites (N-methyl/N-ethyl adjacent to an activating group) is 1. The van der Waals surface area contributed by atoms with E-state index >= 15 is 0 Å². The van der Waals surface area contributed by atoms with Gasteiger partial charge in [0.05, 0.1) is 12.5 Å². The predicted octanol–water partition coefficient (Wildman–Crippen LogP) is 1.95. The lowest BCUT2D eigenvalue weighted by atomic mass is 10.0. The number of amides is 1. The number of carbonyl (C=O) groups excluding carboxylic acids is 1. The first kappa shape index (κ1) is 13.9. The summed E-state index contributed by atoms with van der Waals surface area (Å²) >= 11 is 0. The van der Waals surface area contributed by atoms with Crippen molar-refractivity contribution in [3.63, 3.8) is 0 Å². The number of nitrogens with one attached hydrogen (secondary N) is 2. The summed E-state index contributed by atoms with van der Waals surface area (Å²) in [6.45, 7) is 2.90. The van der Waals surface area contributed by atoms with E-state index in [1.54, 1.807) is 7.05 Å². The van der Waals surface area contributed by atoms with E-state index in [0.29, 0.717) is 18.6 Å². The number of anilines is 1. The van der Waals surface area contributed by atoms with Gasteiger partial charge in [-0.25, -0.2) is 0 Å². The van der Waals surface area contributed by atoms with E-state index in [-0.39, 0.29) is 5.91 Å². The molecule has 19 heavy (non-hydrogen) atoms. The molecule has 0 radical (unpaired) electrons. The molecule has 0 spiro atoms. The van der Waals surface area contributed by atoms with Crippen LogP contribution in [0.15, 0.2) is 24.3 Å². The SMILES string of the molecule is CNC(=O)Cc1ccccc1NC1CCOC(C)C1. The normalized spacial score (nSPS) is 22.8. The Kier molecular flexibility index (Phi) is 4.80. The maximum atomic E-state index is 11.5. The van der Waals surface area contributed by atoms with Crippen LogP contribution < -0.4 is 10.6 Å². The third-order valence-corrected chi connectivity index (χ3v) is 3.49. The van der Waals surface area contributed by atoms with Gasteiger partial charge in [0.25, 0.3) is 0 Å². The first-order valence-electron chi connectivity index (χ1n) is 6.85. The van der Waals surface area contributed by atoms with Gasteiger partial charge in [-0.15, -0.1) is 0 Å². The molecule has 0 aliphatic carbocycles. The van der Waals surface area contributed by atoms with Crippen LogP contribution in [0.25, 0.3) is 0 Å². The highest BCUT2D eigenvalue weighted by molar-refractivity contribution is 5.80. The Morgan fingerprint density at radius 1 is 1.42 bits per heavy atom. The fourth-order valence-electron chi connectivity index (χ4n) is 2.43. The average molecular weight is 262 g/mol. The molecule has 0 aromatic heterocycles. The molecule has 0 saturated carbocycles. The molecule has 1 aromatic carbocycles. The van der Waals surface area contributed by atoms with Gasteiger partial charge in [-0.05, 0) is 31.4 Å². The van der Waals surface area contributed by atoms with E-state index in [0.717, 1.165) is 30.7 Å². The second kappa shape index (κ2) is 6.57. The quantitative estimate of drug-likeness (QED) is 0.872. The molecule has 2 N–H and O–H groups in total. The molecule has 1 aliphatic rings. The monoisotopic (exact) mass is 262 g/mol. The molecule has 1 heterocycles. The van der Waals surface area contributed by atoms with E-state index in [2.05, 4.69) is 17.6 Å². The molecular weight excluding hydrogens is 240 g/mol. The van der Waals surface area contributed by atoms with Crippen molar-refractivity contribution in [2.24, 2.45) is 0 Å². The molecule has 2 rings (SSSR count). The van der Waals surface area contributed by atoms with Crippen molar-refractivity contribution < 1.29 is 9.53 Å². The third-order valence-electron chi connectivity index (χ3n) is 3.49. The Labute approximate surface area is 114 Å². The van der Waals surface area contributed by atoms with Gasteiger partial charge in [-0.2, -0.15) is 0 Å². The van der Waals surface area contributed by atoms with E-state index < -0.39 is 0 Å². The van der Waals surface area contributed by atoms with Gasteiger partial charge in [0.2, 0.25) is 5.91 Å². The smallest absolute Gasteiger partial charge is 0.224 e. The molecule has 2 atom stereocenters. The lowest BCUT2D eigenvalue weighted by molar-refractivity contribution is -0.119. The Morgan fingerprint density at radius 3 is 2.95 bits per heavy atom. The highest BCUT2D eigenvalue weighted by Gasteiger charge is 2.19. The maximum absolute atomic E-state index is 11.5. The Bertz CT molecular complexity index is 434. The lowest BCUT2D eigenvalue weighted by Crippen LogP contribution is -2.33. The lowest BCUT2D eigenvalue weighted by Gasteiger charge is -2.29. The summed E-state index contributed by atoms with van der Waals surface area (Å²) in [4.78, 5) is 11.5. The van der Waals surface area contributed by atoms with Gasteiger partial charge < -0.3 is 15.4 Å². The molecule has 2 unspecified atom stereocenters. The van der Waals surface area contributed by atoms with Gasteiger partial charge in [-0.3, -0.25) is 4.79 Å². The van der Waals surface area contributed by atoms with Crippen molar-refractivity contribution in [3.8, 4) is 0 Å². The van der Waals surface area contributed by atoms with Crippen LogP contribution >= 0.6 is 0 Å². The van der Waals surface area contributed by atoms with Gasteiger partial charge >= 0.3 is 0 Å². The number of rotatable bonds is 4. The first-order chi connectivity index (χ1) is 9.19. The maximum Gasteiger partial charge on any atom is 0.224 e. The average Bonchev–Trinajstić information content (AvgIpc) is 2.41. The molecule has 0 bridgehead atoms. The number of para-hydroxylation sites is 1. The van der Waals surface area contributed by atoms with Gasteiger partial charge in [0.15, 0.2) is 0 Å². The number of ether oxygens (including phenoxy) is 1. The van der Waals surface area contributed by atoms with Crippen LogP contribution in [0.3, 0.4) is 0 Å². The topological polar surface area (TPSA) is 50.4 Å². The molecule has 1 amide bonds. The molecular formula is C15H22N2O2. The van der Waals surface area contributed by atoms with Crippen LogP contribution in [0.4, 0.5) is 5.69 Å². The highest BCUT2D eigenvalue weighted by Crippen LogP contribution is 2.22. The highest BCUT2D eigenvalue weighted by atomic mass is 16.5. The van der Waals surface area contributed by atoms with Crippen molar-refractivity contribution in [1.82, 2.24) is 5.32 Å². The molecule has 1 saturated heterocycles. The third kappa shape index (κ3) is 3.96.